The molecule has 0 amide bonds. The quantitative estimate of drug-likeness (QED) is 0.749. The fourth-order valence-electron chi connectivity index (χ4n) is 1.49. The number of hydrogen-bond donors (Lipinski definition) is 1. The molecule has 1 fully saturated rings. The highest BCUT2D eigenvalue weighted by Gasteiger charge is 2.29. The Morgan fingerprint density at radius 3 is 2.79 bits per heavy atom. The number of alkyl halides is 3. The van der Waals surface area contributed by atoms with Crippen LogP contribution in [0.2, 0.25) is 0 Å². The number of ether oxygens (including phenoxy) is 1. The van der Waals surface area contributed by atoms with Crippen LogP contribution in [0, 0.1) is 0 Å². The minimum Gasteiger partial charge on any atom is -0.314 e. The average Bonchev–Trinajstić information content (AvgIpc) is 2.06. The number of nitrogens with zero attached hydrogens (tertiary/aromatic N) is 1. The Labute approximate surface area is 81.2 Å². The lowest BCUT2D eigenvalue weighted by Crippen LogP contribution is -2.50. The molecule has 0 aromatic heterocycles. The van der Waals surface area contributed by atoms with Gasteiger partial charge in [-0.2, -0.15) is 0 Å². The second-order valence-corrected chi connectivity index (χ2v) is 3.38. The summed E-state index contributed by atoms with van der Waals surface area (Å²) in [5.74, 6) is 0. The average molecular weight is 212 g/mol. The summed E-state index contributed by atoms with van der Waals surface area (Å²) in [5.41, 5.74) is 0. The van der Waals surface area contributed by atoms with E-state index in [2.05, 4.69) is 10.1 Å². The van der Waals surface area contributed by atoms with E-state index < -0.39 is 6.36 Å². The highest BCUT2D eigenvalue weighted by atomic mass is 19.4. The summed E-state index contributed by atoms with van der Waals surface area (Å²) in [4.78, 5) is 1.99. The smallest absolute Gasteiger partial charge is 0.314 e. The van der Waals surface area contributed by atoms with Crippen molar-refractivity contribution in [3.8, 4) is 0 Å². The zero-order valence-electron chi connectivity index (χ0n) is 8.10. The van der Waals surface area contributed by atoms with Crippen LogP contribution in [0.4, 0.5) is 13.2 Å². The standard InChI is InChI=1S/C8H15F3N2O/c1-7-6-12-2-3-13(7)4-5-14-8(9,10)11/h7,12H,2-6H2,1H3/t7-/m0/s1. The number of rotatable bonds is 3. The molecule has 0 saturated carbocycles. The van der Waals surface area contributed by atoms with Crippen LogP contribution in [0.25, 0.3) is 0 Å². The van der Waals surface area contributed by atoms with Crippen LogP contribution in [0.1, 0.15) is 6.92 Å². The third kappa shape index (κ3) is 4.26. The molecular weight excluding hydrogens is 197 g/mol. The topological polar surface area (TPSA) is 24.5 Å². The van der Waals surface area contributed by atoms with E-state index in [1.807, 2.05) is 11.8 Å². The van der Waals surface area contributed by atoms with Crippen molar-refractivity contribution in [2.24, 2.45) is 0 Å². The molecule has 0 aromatic carbocycles. The normalized spacial score (nSPS) is 25.3. The molecule has 84 valence electrons. The van der Waals surface area contributed by atoms with E-state index in [0.717, 1.165) is 19.6 Å². The van der Waals surface area contributed by atoms with Gasteiger partial charge in [0.25, 0.3) is 0 Å². The van der Waals surface area contributed by atoms with Crippen molar-refractivity contribution in [1.82, 2.24) is 10.2 Å². The van der Waals surface area contributed by atoms with E-state index in [-0.39, 0.29) is 12.6 Å². The molecule has 1 aliphatic heterocycles. The molecule has 1 atom stereocenters. The predicted molar refractivity (Wildman–Crippen MR) is 45.9 cm³/mol. The first-order chi connectivity index (χ1) is 6.49. The molecule has 1 rings (SSSR count). The summed E-state index contributed by atoms with van der Waals surface area (Å²) in [6.07, 6.45) is -4.50. The predicted octanol–water partition coefficient (Wildman–Crippen LogP) is 0.817. The van der Waals surface area contributed by atoms with Gasteiger partial charge in [-0.25, -0.2) is 0 Å². The summed E-state index contributed by atoms with van der Waals surface area (Å²) in [7, 11) is 0. The van der Waals surface area contributed by atoms with Crippen molar-refractivity contribution < 1.29 is 17.9 Å². The van der Waals surface area contributed by atoms with E-state index in [4.69, 9.17) is 0 Å². The van der Waals surface area contributed by atoms with Gasteiger partial charge in [0.15, 0.2) is 0 Å². The molecule has 0 unspecified atom stereocenters. The zero-order valence-corrected chi connectivity index (χ0v) is 8.10. The second kappa shape index (κ2) is 4.95. The fraction of sp³-hybridized carbons (Fsp3) is 1.00. The highest BCUT2D eigenvalue weighted by molar-refractivity contribution is 4.75. The van der Waals surface area contributed by atoms with E-state index in [0.29, 0.717) is 6.54 Å². The second-order valence-electron chi connectivity index (χ2n) is 3.38. The Hall–Kier alpha value is -0.330. The van der Waals surface area contributed by atoms with Crippen molar-refractivity contribution >= 4 is 0 Å². The van der Waals surface area contributed by atoms with Gasteiger partial charge in [0, 0.05) is 32.2 Å². The summed E-state index contributed by atoms with van der Waals surface area (Å²) < 4.78 is 38.7. The van der Waals surface area contributed by atoms with Crippen molar-refractivity contribution in [2.75, 3.05) is 32.8 Å². The Morgan fingerprint density at radius 2 is 2.21 bits per heavy atom. The molecular formula is C8H15F3N2O. The van der Waals surface area contributed by atoms with Crippen LogP contribution in [-0.2, 0) is 4.74 Å². The summed E-state index contributed by atoms with van der Waals surface area (Å²) in [5, 5.41) is 3.17. The van der Waals surface area contributed by atoms with E-state index in [9.17, 15) is 13.2 Å². The molecule has 1 heterocycles. The van der Waals surface area contributed by atoms with Gasteiger partial charge in [-0.15, -0.1) is 13.2 Å². The Bertz CT molecular complexity index is 174. The molecule has 0 spiro atoms. The summed E-state index contributed by atoms with van der Waals surface area (Å²) >= 11 is 0. The third-order valence-electron chi connectivity index (χ3n) is 2.28. The maximum atomic E-state index is 11.7. The number of halogens is 3. The molecule has 1 aliphatic rings. The van der Waals surface area contributed by atoms with Gasteiger partial charge in [-0.05, 0) is 6.92 Å². The largest absolute Gasteiger partial charge is 0.522 e. The van der Waals surface area contributed by atoms with Crippen LogP contribution < -0.4 is 5.32 Å². The lowest BCUT2D eigenvalue weighted by Gasteiger charge is -2.33. The lowest BCUT2D eigenvalue weighted by atomic mass is 10.2. The van der Waals surface area contributed by atoms with Crippen LogP contribution in [0.15, 0.2) is 0 Å². The first kappa shape index (κ1) is 11.7. The van der Waals surface area contributed by atoms with Gasteiger partial charge in [0.05, 0.1) is 6.61 Å². The molecule has 0 aromatic rings. The first-order valence-corrected chi connectivity index (χ1v) is 4.64. The Kier molecular flexibility index (Phi) is 4.15. The van der Waals surface area contributed by atoms with Crippen molar-refractivity contribution in [2.45, 2.75) is 19.3 Å². The van der Waals surface area contributed by atoms with Crippen molar-refractivity contribution in [1.29, 1.82) is 0 Å². The summed E-state index contributed by atoms with van der Waals surface area (Å²) in [6, 6.07) is 0.278. The van der Waals surface area contributed by atoms with Crippen LogP contribution >= 0.6 is 0 Å². The molecule has 1 saturated heterocycles. The fourth-order valence-corrected chi connectivity index (χ4v) is 1.49. The van der Waals surface area contributed by atoms with Crippen LogP contribution in [-0.4, -0.2) is 50.1 Å². The highest BCUT2D eigenvalue weighted by Crippen LogP contribution is 2.16. The molecule has 0 radical (unpaired) electrons. The van der Waals surface area contributed by atoms with Crippen LogP contribution in [0.5, 0.6) is 0 Å². The molecule has 1 N–H and O–H groups in total. The minimum atomic E-state index is -4.50. The van der Waals surface area contributed by atoms with Gasteiger partial charge >= 0.3 is 6.36 Å². The van der Waals surface area contributed by atoms with Gasteiger partial charge in [-0.1, -0.05) is 0 Å². The monoisotopic (exact) mass is 212 g/mol. The Balaban J connectivity index is 2.17. The van der Waals surface area contributed by atoms with E-state index in [1.165, 1.54) is 0 Å². The van der Waals surface area contributed by atoms with Gasteiger partial charge in [0.2, 0.25) is 0 Å². The van der Waals surface area contributed by atoms with Crippen LogP contribution in [0.3, 0.4) is 0 Å². The maximum absolute atomic E-state index is 11.7. The molecule has 0 bridgehead atoms. The van der Waals surface area contributed by atoms with E-state index >= 15 is 0 Å². The number of piperazine rings is 1. The third-order valence-corrected chi connectivity index (χ3v) is 2.28. The molecule has 6 heteroatoms. The summed E-state index contributed by atoms with van der Waals surface area (Å²) in [6.45, 7) is 4.47. The molecule has 14 heavy (non-hydrogen) atoms. The minimum absolute atomic E-state index is 0.278. The molecule has 0 aliphatic carbocycles. The van der Waals surface area contributed by atoms with Gasteiger partial charge in [0.1, 0.15) is 0 Å². The Morgan fingerprint density at radius 1 is 1.50 bits per heavy atom. The van der Waals surface area contributed by atoms with Gasteiger partial charge in [-0.3, -0.25) is 9.64 Å². The first-order valence-electron chi connectivity index (χ1n) is 4.64. The number of hydrogen-bond acceptors (Lipinski definition) is 3. The van der Waals surface area contributed by atoms with Crippen molar-refractivity contribution in [3.63, 3.8) is 0 Å². The zero-order chi connectivity index (χ0) is 10.6. The van der Waals surface area contributed by atoms with E-state index in [1.54, 1.807) is 0 Å². The van der Waals surface area contributed by atoms with Crippen molar-refractivity contribution in [3.05, 3.63) is 0 Å². The maximum Gasteiger partial charge on any atom is 0.522 e. The molecule has 3 nitrogen and oxygen atoms in total. The SMILES string of the molecule is C[C@H]1CNCCN1CCOC(F)(F)F. The van der Waals surface area contributed by atoms with Gasteiger partial charge < -0.3 is 5.32 Å². The lowest BCUT2D eigenvalue weighted by molar-refractivity contribution is -0.325. The number of nitrogens with one attached hydrogen (secondary N) is 1.